The molecule has 184 valence electrons. The molecular formula is C25H17BrCl2N2O6. The van der Waals surface area contributed by atoms with Crippen LogP contribution in [0.2, 0.25) is 10.0 Å². The molecule has 0 atom stereocenters. The van der Waals surface area contributed by atoms with Crippen LogP contribution < -0.4 is 9.47 Å². The zero-order chi connectivity index (χ0) is 25.8. The molecule has 0 saturated carbocycles. The van der Waals surface area contributed by atoms with E-state index in [1.165, 1.54) is 24.3 Å². The Bertz CT molecular complexity index is 1420. The second kappa shape index (κ2) is 11.1. The summed E-state index contributed by atoms with van der Waals surface area (Å²) < 4.78 is 17.6. The van der Waals surface area contributed by atoms with Crippen molar-refractivity contribution in [2.45, 2.75) is 13.5 Å². The van der Waals surface area contributed by atoms with Gasteiger partial charge >= 0.3 is 5.97 Å². The number of nitro benzene ring substituents is 1. The number of hydrogen-bond donors (Lipinski definition) is 0. The summed E-state index contributed by atoms with van der Waals surface area (Å²) in [6, 6.07) is 14.6. The van der Waals surface area contributed by atoms with E-state index in [2.05, 4.69) is 20.9 Å². The van der Waals surface area contributed by atoms with Crippen LogP contribution in [0.4, 0.5) is 5.69 Å². The molecule has 8 nitrogen and oxygen atoms in total. The average molecular weight is 592 g/mol. The zero-order valence-corrected chi connectivity index (χ0v) is 21.8. The lowest BCUT2D eigenvalue weighted by Crippen LogP contribution is -2.06. The Morgan fingerprint density at radius 1 is 1.14 bits per heavy atom. The summed E-state index contributed by atoms with van der Waals surface area (Å²) in [7, 11) is 0. The van der Waals surface area contributed by atoms with Gasteiger partial charge in [0.05, 0.1) is 26.6 Å². The first-order chi connectivity index (χ1) is 17.2. The Morgan fingerprint density at radius 2 is 1.94 bits per heavy atom. The van der Waals surface area contributed by atoms with E-state index in [-0.39, 0.29) is 34.5 Å². The van der Waals surface area contributed by atoms with Crippen molar-refractivity contribution in [3.8, 4) is 11.5 Å². The number of halogens is 3. The predicted octanol–water partition coefficient (Wildman–Crippen LogP) is 6.99. The number of nitrogens with zero attached hydrogens (tertiary/aromatic N) is 2. The van der Waals surface area contributed by atoms with E-state index in [1.54, 1.807) is 18.2 Å². The van der Waals surface area contributed by atoms with Gasteiger partial charge in [0.25, 0.3) is 5.69 Å². The predicted molar refractivity (Wildman–Crippen MR) is 140 cm³/mol. The van der Waals surface area contributed by atoms with Gasteiger partial charge in [0.15, 0.2) is 17.2 Å². The highest BCUT2D eigenvalue weighted by atomic mass is 79.9. The Hall–Kier alpha value is -3.40. The molecule has 0 bridgehead atoms. The fourth-order valence-corrected chi connectivity index (χ4v) is 4.37. The molecule has 0 radical (unpaired) electrons. The van der Waals surface area contributed by atoms with Gasteiger partial charge < -0.3 is 14.2 Å². The van der Waals surface area contributed by atoms with Gasteiger partial charge in [-0.15, -0.1) is 0 Å². The van der Waals surface area contributed by atoms with E-state index in [0.29, 0.717) is 33.2 Å². The van der Waals surface area contributed by atoms with Crippen LogP contribution in [0.15, 0.2) is 69.8 Å². The van der Waals surface area contributed by atoms with Crippen molar-refractivity contribution in [2.75, 3.05) is 6.61 Å². The number of non-ortho nitro benzene ring substituents is 1. The number of carbonyl (C=O) groups is 1. The maximum atomic E-state index is 12.5. The second-order valence-electron chi connectivity index (χ2n) is 7.44. The monoisotopic (exact) mass is 590 g/mol. The molecule has 0 unspecified atom stereocenters. The Balaban J connectivity index is 1.62. The molecule has 0 aromatic heterocycles. The average Bonchev–Trinajstić information content (AvgIpc) is 3.18. The van der Waals surface area contributed by atoms with Crippen LogP contribution >= 0.6 is 39.1 Å². The highest BCUT2D eigenvalue weighted by Gasteiger charge is 2.27. The molecule has 4 rings (SSSR count). The summed E-state index contributed by atoms with van der Waals surface area (Å²) in [6.07, 6.45) is 1.53. The molecule has 0 aliphatic carbocycles. The van der Waals surface area contributed by atoms with Crippen LogP contribution in [-0.2, 0) is 16.1 Å². The van der Waals surface area contributed by atoms with E-state index in [1.807, 2.05) is 25.1 Å². The lowest BCUT2D eigenvalue weighted by atomic mass is 10.1. The van der Waals surface area contributed by atoms with Gasteiger partial charge in [0.2, 0.25) is 5.90 Å². The van der Waals surface area contributed by atoms with Crippen molar-refractivity contribution in [1.82, 2.24) is 0 Å². The van der Waals surface area contributed by atoms with Crippen LogP contribution in [0.25, 0.3) is 6.08 Å². The van der Waals surface area contributed by atoms with Crippen molar-refractivity contribution in [3.63, 3.8) is 0 Å². The first-order valence-corrected chi connectivity index (χ1v) is 12.1. The molecule has 0 fully saturated rings. The summed E-state index contributed by atoms with van der Waals surface area (Å²) in [6.45, 7) is 2.51. The number of aliphatic imine (C=N–C) groups is 1. The largest absolute Gasteiger partial charge is 0.490 e. The minimum absolute atomic E-state index is 0.0290. The first kappa shape index (κ1) is 25.7. The maximum Gasteiger partial charge on any atom is 0.363 e. The van der Waals surface area contributed by atoms with Gasteiger partial charge in [-0.3, -0.25) is 10.1 Å². The van der Waals surface area contributed by atoms with Gasteiger partial charge in [-0.2, -0.15) is 0 Å². The number of benzene rings is 3. The standard InChI is InChI=1S/C25H17BrCl2N2O6/c1-2-34-22-11-15(9-19(26)23(22)35-13-14-4-3-5-16(27)8-14)10-21-25(31)36-24(29-21)18-7-6-17(30(32)33)12-20(18)28/h3-12H,2,13H2,1H3/b21-10-. The third-order valence-electron chi connectivity index (χ3n) is 4.92. The quantitative estimate of drug-likeness (QED) is 0.121. The Labute approximate surface area is 224 Å². The summed E-state index contributed by atoms with van der Waals surface area (Å²) in [4.78, 5) is 27.1. The summed E-state index contributed by atoms with van der Waals surface area (Å²) in [5, 5.41) is 11.6. The molecule has 0 amide bonds. The molecule has 3 aromatic carbocycles. The SMILES string of the molecule is CCOc1cc(/C=C2\N=C(c3ccc([N+](=O)[O-])cc3Cl)OC2=O)cc(Br)c1OCc1cccc(Cl)c1. The second-order valence-corrected chi connectivity index (χ2v) is 9.14. The normalized spacial score (nSPS) is 13.9. The number of esters is 1. The molecule has 3 aromatic rings. The highest BCUT2D eigenvalue weighted by Crippen LogP contribution is 2.38. The van der Waals surface area contributed by atoms with Crippen LogP contribution in [0.3, 0.4) is 0 Å². The lowest BCUT2D eigenvalue weighted by Gasteiger charge is -2.15. The smallest absolute Gasteiger partial charge is 0.363 e. The molecule has 0 N–H and O–H groups in total. The Morgan fingerprint density at radius 3 is 2.64 bits per heavy atom. The fourth-order valence-electron chi connectivity index (χ4n) is 3.33. The van der Waals surface area contributed by atoms with Crippen LogP contribution in [-0.4, -0.2) is 23.4 Å². The molecule has 0 spiro atoms. The van der Waals surface area contributed by atoms with Gasteiger partial charge in [-0.1, -0.05) is 35.3 Å². The van der Waals surface area contributed by atoms with Gasteiger partial charge in [0, 0.05) is 17.2 Å². The molecule has 1 aliphatic rings. The zero-order valence-electron chi connectivity index (χ0n) is 18.7. The minimum Gasteiger partial charge on any atom is -0.490 e. The third-order valence-corrected chi connectivity index (χ3v) is 6.06. The van der Waals surface area contributed by atoms with Crippen molar-refractivity contribution < 1.29 is 23.9 Å². The van der Waals surface area contributed by atoms with Crippen molar-refractivity contribution in [2.24, 2.45) is 4.99 Å². The van der Waals surface area contributed by atoms with Crippen LogP contribution in [0, 0.1) is 10.1 Å². The summed E-state index contributed by atoms with van der Waals surface area (Å²) in [5.41, 5.74) is 1.60. The topological polar surface area (TPSA) is 100 Å². The highest BCUT2D eigenvalue weighted by molar-refractivity contribution is 9.10. The lowest BCUT2D eigenvalue weighted by molar-refractivity contribution is -0.384. The maximum absolute atomic E-state index is 12.5. The molecule has 1 heterocycles. The number of carbonyl (C=O) groups excluding carboxylic acids is 1. The molecule has 11 heteroatoms. The van der Waals surface area contributed by atoms with E-state index >= 15 is 0 Å². The minimum atomic E-state index is -0.685. The summed E-state index contributed by atoms with van der Waals surface area (Å²) >= 11 is 15.7. The van der Waals surface area contributed by atoms with E-state index < -0.39 is 10.9 Å². The Kier molecular flexibility index (Phi) is 7.93. The van der Waals surface area contributed by atoms with Crippen molar-refractivity contribution in [3.05, 3.63) is 102 Å². The number of nitro groups is 1. The van der Waals surface area contributed by atoms with Crippen molar-refractivity contribution >= 4 is 62.8 Å². The van der Waals surface area contributed by atoms with E-state index in [0.717, 1.165) is 5.56 Å². The van der Waals surface area contributed by atoms with Crippen LogP contribution in [0.1, 0.15) is 23.6 Å². The first-order valence-electron chi connectivity index (χ1n) is 10.6. The molecule has 0 saturated heterocycles. The van der Waals surface area contributed by atoms with E-state index in [4.69, 9.17) is 37.4 Å². The molecular weight excluding hydrogens is 575 g/mol. The third kappa shape index (κ3) is 5.87. The van der Waals surface area contributed by atoms with Gasteiger partial charge in [-0.05, 0) is 70.4 Å². The molecule has 1 aliphatic heterocycles. The van der Waals surface area contributed by atoms with Crippen molar-refractivity contribution in [1.29, 1.82) is 0 Å². The summed E-state index contributed by atoms with van der Waals surface area (Å²) in [5.74, 6) is 0.232. The number of ether oxygens (including phenoxy) is 3. The van der Waals surface area contributed by atoms with Crippen LogP contribution in [0.5, 0.6) is 11.5 Å². The molecule has 36 heavy (non-hydrogen) atoms. The number of hydrogen-bond acceptors (Lipinski definition) is 7. The fraction of sp³-hybridized carbons (Fsp3) is 0.120. The van der Waals surface area contributed by atoms with Gasteiger partial charge in [0.1, 0.15) is 6.61 Å². The number of cyclic esters (lactones) is 1. The number of rotatable bonds is 8. The van der Waals surface area contributed by atoms with E-state index in [9.17, 15) is 14.9 Å². The van der Waals surface area contributed by atoms with Gasteiger partial charge in [-0.25, -0.2) is 9.79 Å².